The van der Waals surface area contributed by atoms with E-state index in [1.807, 2.05) is 54.4 Å². The molecule has 0 atom stereocenters. The number of benzene rings is 2. The van der Waals surface area contributed by atoms with Crippen molar-refractivity contribution < 1.29 is 9.53 Å². The molecule has 0 aliphatic heterocycles. The minimum Gasteiger partial charge on any atom is -0.497 e. The van der Waals surface area contributed by atoms with E-state index in [1.54, 1.807) is 24.9 Å². The number of methoxy groups -OCH3 is 1. The second-order valence-corrected chi connectivity index (χ2v) is 6.93. The van der Waals surface area contributed by atoms with Crippen LogP contribution in [0, 0.1) is 0 Å². The first kappa shape index (κ1) is 18.6. The topological polar surface area (TPSA) is 41.6 Å². The zero-order valence-corrected chi connectivity index (χ0v) is 15.4. The van der Waals surface area contributed by atoms with Crippen LogP contribution in [0.4, 0.5) is 5.69 Å². The number of carbonyl (C=O) groups is 1. The Bertz CT molecular complexity index is 664. The van der Waals surface area contributed by atoms with Gasteiger partial charge in [0.15, 0.2) is 0 Å². The maximum atomic E-state index is 12.1. The van der Waals surface area contributed by atoms with Crippen molar-refractivity contribution >= 4 is 35.0 Å². The van der Waals surface area contributed by atoms with E-state index >= 15 is 0 Å². The molecule has 0 spiro atoms. The van der Waals surface area contributed by atoms with Crippen LogP contribution in [0.2, 0.25) is 5.02 Å². The summed E-state index contributed by atoms with van der Waals surface area (Å²) in [6, 6.07) is 15.1. The highest BCUT2D eigenvalue weighted by Gasteiger charge is 2.07. The molecule has 2 rings (SSSR count). The zero-order valence-electron chi connectivity index (χ0n) is 13.8. The van der Waals surface area contributed by atoms with E-state index in [-0.39, 0.29) is 5.91 Å². The van der Waals surface area contributed by atoms with Crippen molar-refractivity contribution in [1.82, 2.24) is 4.90 Å². The lowest BCUT2D eigenvalue weighted by Gasteiger charge is -2.16. The van der Waals surface area contributed by atoms with E-state index in [4.69, 9.17) is 16.3 Å². The number of halogens is 1. The van der Waals surface area contributed by atoms with E-state index in [0.717, 1.165) is 28.8 Å². The Labute approximate surface area is 152 Å². The highest BCUT2D eigenvalue weighted by atomic mass is 35.5. The zero-order chi connectivity index (χ0) is 17.4. The average Bonchev–Trinajstić information content (AvgIpc) is 2.56. The largest absolute Gasteiger partial charge is 0.497 e. The molecule has 128 valence electrons. The van der Waals surface area contributed by atoms with Gasteiger partial charge >= 0.3 is 0 Å². The van der Waals surface area contributed by atoms with Gasteiger partial charge in [0.2, 0.25) is 5.91 Å². The van der Waals surface area contributed by atoms with Gasteiger partial charge in [-0.05, 0) is 43.4 Å². The first-order chi connectivity index (χ1) is 11.6. The Hall–Kier alpha value is -1.69. The van der Waals surface area contributed by atoms with Gasteiger partial charge in [0, 0.05) is 34.0 Å². The van der Waals surface area contributed by atoms with Crippen LogP contribution in [-0.2, 0) is 4.79 Å². The Morgan fingerprint density at radius 3 is 2.71 bits per heavy atom. The molecule has 0 aliphatic rings. The molecule has 2 aromatic rings. The third-order valence-electron chi connectivity index (χ3n) is 3.32. The minimum absolute atomic E-state index is 0.0396. The standard InChI is InChI=1S/C18H21ClN2O2S/c1-21(10-11-24-17-8-6-14(19)7-9-17)13-18(22)20-15-4-3-5-16(12-15)23-2/h3-9,12H,10-11,13H2,1-2H3,(H,20,22). The molecule has 0 aromatic heterocycles. The van der Waals surface area contributed by atoms with Crippen LogP contribution in [-0.4, -0.2) is 43.8 Å². The lowest BCUT2D eigenvalue weighted by molar-refractivity contribution is -0.117. The molecule has 6 heteroatoms. The maximum Gasteiger partial charge on any atom is 0.238 e. The number of carbonyl (C=O) groups excluding carboxylic acids is 1. The highest BCUT2D eigenvalue weighted by molar-refractivity contribution is 7.99. The number of amides is 1. The molecule has 0 heterocycles. The molecular formula is C18H21ClN2O2S. The summed E-state index contributed by atoms with van der Waals surface area (Å²) in [6.45, 7) is 1.16. The van der Waals surface area contributed by atoms with Gasteiger partial charge < -0.3 is 10.1 Å². The van der Waals surface area contributed by atoms with Gasteiger partial charge in [-0.2, -0.15) is 0 Å². The predicted octanol–water partition coefficient (Wildman–Crippen LogP) is 4.01. The first-order valence-electron chi connectivity index (χ1n) is 7.57. The van der Waals surface area contributed by atoms with Gasteiger partial charge in [-0.25, -0.2) is 0 Å². The van der Waals surface area contributed by atoms with Crippen molar-refractivity contribution in [3.63, 3.8) is 0 Å². The maximum absolute atomic E-state index is 12.1. The van der Waals surface area contributed by atoms with Crippen LogP contribution in [0.3, 0.4) is 0 Å². The number of hydrogen-bond donors (Lipinski definition) is 1. The molecule has 0 saturated heterocycles. The third-order valence-corrected chi connectivity index (χ3v) is 4.57. The van der Waals surface area contributed by atoms with Gasteiger partial charge in [-0.1, -0.05) is 17.7 Å². The van der Waals surface area contributed by atoms with Crippen molar-refractivity contribution in [3.05, 3.63) is 53.6 Å². The molecule has 0 fully saturated rings. The average molecular weight is 365 g/mol. The fourth-order valence-electron chi connectivity index (χ4n) is 2.08. The summed E-state index contributed by atoms with van der Waals surface area (Å²) in [4.78, 5) is 15.3. The summed E-state index contributed by atoms with van der Waals surface area (Å²) in [6.07, 6.45) is 0. The molecular weight excluding hydrogens is 344 g/mol. The van der Waals surface area contributed by atoms with E-state index in [1.165, 1.54) is 4.90 Å². The van der Waals surface area contributed by atoms with Gasteiger partial charge in [0.1, 0.15) is 5.75 Å². The van der Waals surface area contributed by atoms with Crippen molar-refractivity contribution in [3.8, 4) is 5.75 Å². The van der Waals surface area contributed by atoms with E-state index in [9.17, 15) is 4.79 Å². The molecule has 1 amide bonds. The lowest BCUT2D eigenvalue weighted by Crippen LogP contribution is -2.31. The Morgan fingerprint density at radius 2 is 2.00 bits per heavy atom. The number of likely N-dealkylation sites (N-methyl/N-ethyl adjacent to an activating group) is 1. The Balaban J connectivity index is 1.72. The van der Waals surface area contributed by atoms with E-state index in [0.29, 0.717) is 6.54 Å². The molecule has 2 aromatic carbocycles. The van der Waals surface area contributed by atoms with Gasteiger partial charge in [0.05, 0.1) is 13.7 Å². The highest BCUT2D eigenvalue weighted by Crippen LogP contribution is 2.20. The summed E-state index contributed by atoms with van der Waals surface area (Å²) < 4.78 is 5.15. The summed E-state index contributed by atoms with van der Waals surface area (Å²) in [5.41, 5.74) is 0.739. The summed E-state index contributed by atoms with van der Waals surface area (Å²) in [5, 5.41) is 3.62. The second kappa shape index (κ2) is 9.57. The van der Waals surface area contributed by atoms with Crippen molar-refractivity contribution in [2.24, 2.45) is 0 Å². The third kappa shape index (κ3) is 6.43. The van der Waals surface area contributed by atoms with Gasteiger partial charge in [-0.15, -0.1) is 11.8 Å². The second-order valence-electron chi connectivity index (χ2n) is 5.32. The number of rotatable bonds is 8. The summed E-state index contributed by atoms with van der Waals surface area (Å²) in [7, 11) is 3.54. The summed E-state index contributed by atoms with van der Waals surface area (Å²) >= 11 is 7.61. The predicted molar refractivity (Wildman–Crippen MR) is 101 cm³/mol. The van der Waals surface area contributed by atoms with Crippen LogP contribution in [0.5, 0.6) is 5.75 Å². The molecule has 4 nitrogen and oxygen atoms in total. The SMILES string of the molecule is COc1cccc(NC(=O)CN(C)CCSc2ccc(Cl)cc2)c1. The smallest absolute Gasteiger partial charge is 0.238 e. The number of anilines is 1. The number of nitrogens with zero attached hydrogens (tertiary/aromatic N) is 1. The molecule has 0 unspecified atom stereocenters. The summed E-state index contributed by atoms with van der Waals surface area (Å²) in [5.74, 6) is 1.59. The minimum atomic E-state index is -0.0396. The van der Waals surface area contributed by atoms with Crippen LogP contribution in [0.15, 0.2) is 53.4 Å². The van der Waals surface area contributed by atoms with Gasteiger partial charge in [0.25, 0.3) is 0 Å². The fraction of sp³-hybridized carbons (Fsp3) is 0.278. The first-order valence-corrected chi connectivity index (χ1v) is 8.94. The van der Waals surface area contributed by atoms with Crippen LogP contribution in [0.25, 0.3) is 0 Å². The molecule has 0 bridgehead atoms. The van der Waals surface area contributed by atoms with Crippen LogP contribution >= 0.6 is 23.4 Å². The van der Waals surface area contributed by atoms with Crippen molar-refractivity contribution in [1.29, 1.82) is 0 Å². The fourth-order valence-corrected chi connectivity index (χ4v) is 3.17. The van der Waals surface area contributed by atoms with Crippen LogP contribution < -0.4 is 10.1 Å². The van der Waals surface area contributed by atoms with Crippen molar-refractivity contribution in [2.75, 3.05) is 38.3 Å². The monoisotopic (exact) mass is 364 g/mol. The number of ether oxygens (including phenoxy) is 1. The Morgan fingerprint density at radius 1 is 1.25 bits per heavy atom. The van der Waals surface area contributed by atoms with Crippen molar-refractivity contribution in [2.45, 2.75) is 4.90 Å². The normalized spacial score (nSPS) is 10.7. The molecule has 0 aliphatic carbocycles. The van der Waals surface area contributed by atoms with E-state index in [2.05, 4.69) is 5.32 Å². The van der Waals surface area contributed by atoms with E-state index < -0.39 is 0 Å². The molecule has 1 N–H and O–H groups in total. The quantitative estimate of drug-likeness (QED) is 0.718. The number of thioether (sulfide) groups is 1. The molecule has 0 saturated carbocycles. The Kier molecular flexibility index (Phi) is 7.43. The number of nitrogens with one attached hydrogen (secondary N) is 1. The van der Waals surface area contributed by atoms with Crippen LogP contribution in [0.1, 0.15) is 0 Å². The molecule has 24 heavy (non-hydrogen) atoms. The molecule has 0 radical (unpaired) electrons. The number of hydrogen-bond acceptors (Lipinski definition) is 4. The van der Waals surface area contributed by atoms with Gasteiger partial charge in [-0.3, -0.25) is 9.69 Å². The lowest BCUT2D eigenvalue weighted by atomic mass is 10.3.